The first-order chi connectivity index (χ1) is 9.24. The molecule has 0 atom stereocenters. The smallest absolute Gasteiger partial charge is 0.224 e. The minimum Gasteiger partial charge on any atom is -0.497 e. The van der Waals surface area contributed by atoms with Crippen LogP contribution in [-0.2, 0) is 4.79 Å². The molecule has 0 radical (unpaired) electrons. The molecule has 0 saturated carbocycles. The number of carbonyl (C=O) groups is 1. The summed E-state index contributed by atoms with van der Waals surface area (Å²) in [4.78, 5) is 11.6. The molecule has 0 heterocycles. The lowest BCUT2D eigenvalue weighted by molar-refractivity contribution is -0.115. The molecule has 98 valence electrons. The number of anilines is 1. The molecular weight excluding hydrogens is 238 g/mol. The van der Waals surface area contributed by atoms with Crippen molar-refractivity contribution in [1.82, 2.24) is 0 Å². The molecule has 2 aromatic carbocycles. The van der Waals surface area contributed by atoms with Crippen LogP contribution in [0.4, 0.5) is 5.69 Å². The largest absolute Gasteiger partial charge is 0.497 e. The first kappa shape index (κ1) is 13.1. The predicted octanol–water partition coefficient (Wildman–Crippen LogP) is 3.71. The maximum absolute atomic E-state index is 11.6. The summed E-state index contributed by atoms with van der Waals surface area (Å²) in [6.45, 7) is 1.83. The molecule has 2 aromatic rings. The highest BCUT2D eigenvalue weighted by Crippen LogP contribution is 2.31. The van der Waals surface area contributed by atoms with E-state index in [9.17, 15) is 4.79 Å². The van der Waals surface area contributed by atoms with Crippen LogP contribution >= 0.6 is 0 Å². The van der Waals surface area contributed by atoms with Gasteiger partial charge in [-0.15, -0.1) is 0 Å². The topological polar surface area (TPSA) is 38.3 Å². The predicted molar refractivity (Wildman–Crippen MR) is 77.4 cm³/mol. The van der Waals surface area contributed by atoms with Crippen molar-refractivity contribution in [3.63, 3.8) is 0 Å². The van der Waals surface area contributed by atoms with Gasteiger partial charge < -0.3 is 10.1 Å². The molecule has 2 rings (SSSR count). The quantitative estimate of drug-likeness (QED) is 0.904. The Morgan fingerprint density at radius 3 is 2.53 bits per heavy atom. The van der Waals surface area contributed by atoms with Gasteiger partial charge in [0.15, 0.2) is 0 Å². The van der Waals surface area contributed by atoms with Crippen molar-refractivity contribution in [2.45, 2.75) is 13.3 Å². The van der Waals surface area contributed by atoms with Crippen LogP contribution in [-0.4, -0.2) is 13.0 Å². The van der Waals surface area contributed by atoms with Crippen molar-refractivity contribution in [2.24, 2.45) is 0 Å². The molecule has 3 heteroatoms. The van der Waals surface area contributed by atoms with Crippen LogP contribution in [0.5, 0.6) is 5.75 Å². The van der Waals surface area contributed by atoms with Crippen LogP contribution in [0.25, 0.3) is 11.1 Å². The van der Waals surface area contributed by atoms with E-state index >= 15 is 0 Å². The van der Waals surface area contributed by atoms with E-state index in [4.69, 9.17) is 4.74 Å². The standard InChI is InChI=1S/C16H17NO2/c1-3-16(18)17-15-10-9-13(19-2)11-14(15)12-7-5-4-6-8-12/h4-11H,3H2,1-2H3,(H,17,18). The Bertz CT molecular complexity index is 564. The van der Waals surface area contributed by atoms with Crippen molar-refractivity contribution >= 4 is 11.6 Å². The molecular formula is C16H17NO2. The Labute approximate surface area is 113 Å². The van der Waals surface area contributed by atoms with E-state index < -0.39 is 0 Å². The second-order valence-electron chi connectivity index (χ2n) is 4.18. The number of hydrogen-bond donors (Lipinski definition) is 1. The molecule has 1 amide bonds. The van der Waals surface area contributed by atoms with Gasteiger partial charge in [-0.3, -0.25) is 4.79 Å². The third-order valence-electron chi connectivity index (χ3n) is 2.91. The molecule has 0 saturated heterocycles. The van der Waals surface area contributed by atoms with Crippen molar-refractivity contribution in [2.75, 3.05) is 12.4 Å². The number of benzene rings is 2. The summed E-state index contributed by atoms with van der Waals surface area (Å²) in [5.41, 5.74) is 2.81. The summed E-state index contributed by atoms with van der Waals surface area (Å²) in [7, 11) is 1.63. The fourth-order valence-electron chi connectivity index (χ4n) is 1.85. The zero-order valence-corrected chi connectivity index (χ0v) is 11.1. The molecule has 0 aliphatic heterocycles. The number of hydrogen-bond acceptors (Lipinski definition) is 2. The fraction of sp³-hybridized carbons (Fsp3) is 0.188. The SMILES string of the molecule is CCC(=O)Nc1ccc(OC)cc1-c1ccccc1. The summed E-state index contributed by atoms with van der Waals surface area (Å²) in [5, 5.41) is 2.92. The van der Waals surface area contributed by atoms with Gasteiger partial charge in [-0.05, 0) is 23.8 Å². The maximum atomic E-state index is 11.6. The summed E-state index contributed by atoms with van der Waals surface area (Å²) in [6.07, 6.45) is 0.459. The van der Waals surface area contributed by atoms with Gasteiger partial charge >= 0.3 is 0 Å². The normalized spacial score (nSPS) is 10.0. The summed E-state index contributed by atoms with van der Waals surface area (Å²) < 4.78 is 5.25. The van der Waals surface area contributed by atoms with Crippen molar-refractivity contribution in [3.8, 4) is 16.9 Å². The number of ether oxygens (including phenoxy) is 1. The lowest BCUT2D eigenvalue weighted by Gasteiger charge is -2.12. The van der Waals surface area contributed by atoms with E-state index in [2.05, 4.69) is 5.32 Å². The van der Waals surface area contributed by atoms with Crippen LogP contribution in [0.15, 0.2) is 48.5 Å². The molecule has 3 nitrogen and oxygen atoms in total. The fourth-order valence-corrected chi connectivity index (χ4v) is 1.85. The molecule has 0 spiro atoms. The summed E-state index contributed by atoms with van der Waals surface area (Å²) >= 11 is 0. The molecule has 1 N–H and O–H groups in total. The van der Waals surface area contributed by atoms with E-state index in [0.29, 0.717) is 6.42 Å². The monoisotopic (exact) mass is 255 g/mol. The molecule has 0 unspecified atom stereocenters. The van der Waals surface area contributed by atoms with Crippen molar-refractivity contribution in [1.29, 1.82) is 0 Å². The van der Waals surface area contributed by atoms with Gasteiger partial charge in [0.1, 0.15) is 5.75 Å². The number of rotatable bonds is 4. The van der Waals surface area contributed by atoms with Crippen LogP contribution in [0.3, 0.4) is 0 Å². The Morgan fingerprint density at radius 1 is 1.16 bits per heavy atom. The van der Waals surface area contributed by atoms with Gasteiger partial charge in [0.25, 0.3) is 0 Å². The van der Waals surface area contributed by atoms with Gasteiger partial charge in [-0.25, -0.2) is 0 Å². The third kappa shape index (κ3) is 3.13. The minimum atomic E-state index is 0.00217. The minimum absolute atomic E-state index is 0.00217. The van der Waals surface area contributed by atoms with Crippen LogP contribution < -0.4 is 10.1 Å². The van der Waals surface area contributed by atoms with Gasteiger partial charge in [-0.2, -0.15) is 0 Å². The first-order valence-electron chi connectivity index (χ1n) is 6.28. The average molecular weight is 255 g/mol. The maximum Gasteiger partial charge on any atom is 0.224 e. The summed E-state index contributed by atoms with van der Waals surface area (Å²) in [6, 6.07) is 15.6. The van der Waals surface area contributed by atoms with E-state index in [1.807, 2.05) is 55.5 Å². The molecule has 19 heavy (non-hydrogen) atoms. The highest BCUT2D eigenvalue weighted by Gasteiger charge is 2.08. The van der Waals surface area contributed by atoms with E-state index in [1.54, 1.807) is 7.11 Å². The van der Waals surface area contributed by atoms with E-state index in [-0.39, 0.29) is 5.91 Å². The lowest BCUT2D eigenvalue weighted by Crippen LogP contribution is -2.10. The molecule has 0 bridgehead atoms. The third-order valence-corrected chi connectivity index (χ3v) is 2.91. The number of amides is 1. The van der Waals surface area contributed by atoms with Crippen molar-refractivity contribution in [3.05, 3.63) is 48.5 Å². The second kappa shape index (κ2) is 6.05. The van der Waals surface area contributed by atoms with E-state index in [0.717, 1.165) is 22.6 Å². The highest BCUT2D eigenvalue weighted by atomic mass is 16.5. The Morgan fingerprint density at radius 2 is 1.89 bits per heavy atom. The van der Waals surface area contributed by atoms with Gasteiger partial charge in [0.2, 0.25) is 5.91 Å². The highest BCUT2D eigenvalue weighted by molar-refractivity contribution is 5.95. The number of carbonyl (C=O) groups excluding carboxylic acids is 1. The lowest BCUT2D eigenvalue weighted by atomic mass is 10.0. The molecule has 0 aromatic heterocycles. The summed E-state index contributed by atoms with van der Waals surface area (Å²) in [5.74, 6) is 0.774. The molecule has 0 aliphatic rings. The van der Waals surface area contributed by atoms with Gasteiger partial charge in [-0.1, -0.05) is 37.3 Å². The van der Waals surface area contributed by atoms with Gasteiger partial charge in [0, 0.05) is 17.7 Å². The van der Waals surface area contributed by atoms with Crippen LogP contribution in [0, 0.1) is 0 Å². The Kier molecular flexibility index (Phi) is 4.18. The second-order valence-corrected chi connectivity index (χ2v) is 4.18. The number of methoxy groups -OCH3 is 1. The zero-order valence-electron chi connectivity index (χ0n) is 11.1. The zero-order chi connectivity index (χ0) is 13.7. The molecule has 0 aliphatic carbocycles. The van der Waals surface area contributed by atoms with Gasteiger partial charge in [0.05, 0.1) is 7.11 Å². The Balaban J connectivity index is 2.45. The Hall–Kier alpha value is -2.29. The number of nitrogens with one attached hydrogen (secondary N) is 1. The average Bonchev–Trinajstić information content (AvgIpc) is 2.48. The van der Waals surface area contributed by atoms with Crippen molar-refractivity contribution < 1.29 is 9.53 Å². The van der Waals surface area contributed by atoms with Crippen LogP contribution in [0.2, 0.25) is 0 Å². The first-order valence-corrected chi connectivity index (χ1v) is 6.28. The van der Waals surface area contributed by atoms with E-state index in [1.165, 1.54) is 0 Å². The van der Waals surface area contributed by atoms with Crippen LogP contribution in [0.1, 0.15) is 13.3 Å². The molecule has 0 fully saturated rings.